The third-order valence-corrected chi connectivity index (χ3v) is 12.3. The molecule has 0 radical (unpaired) electrons. The van der Waals surface area contributed by atoms with Crippen LogP contribution in [-0.4, -0.2) is 137 Å². The van der Waals surface area contributed by atoms with Crippen molar-refractivity contribution in [2.75, 3.05) is 39.6 Å². The molecule has 0 N–H and O–H groups in total. The number of esters is 6. The number of hydrogen-bond acceptors (Lipinski definition) is 18. The Morgan fingerprint density at radius 3 is 0.829 bits per heavy atom. The second kappa shape index (κ2) is 25.9. The molecule has 3 fully saturated rings. The van der Waals surface area contributed by atoms with Gasteiger partial charge in [0.05, 0.1) is 59.8 Å². The summed E-state index contributed by atoms with van der Waals surface area (Å²) in [4.78, 5) is 82.5. The van der Waals surface area contributed by atoms with Gasteiger partial charge in [-0.05, 0) is 72.8 Å². The Bertz CT molecular complexity index is 2660. The molecule has 0 aliphatic carbocycles. The van der Waals surface area contributed by atoms with E-state index in [1.807, 2.05) is 0 Å². The van der Waals surface area contributed by atoms with E-state index in [2.05, 4.69) is 0 Å². The topological polar surface area (TPSA) is 213 Å². The molecule has 0 unspecified atom stereocenters. The van der Waals surface area contributed by atoms with Crippen LogP contribution >= 0.6 is 0 Å². The zero-order chi connectivity index (χ0) is 52.6. The van der Waals surface area contributed by atoms with Gasteiger partial charge in [0, 0.05) is 0 Å². The van der Waals surface area contributed by atoms with Crippen LogP contribution in [0.5, 0.6) is 0 Å². The van der Waals surface area contributed by atoms with E-state index in [1.165, 1.54) is 24.3 Å². The summed E-state index contributed by atoms with van der Waals surface area (Å²) in [6.45, 7) is -2.23. The minimum Gasteiger partial charge on any atom is -0.459 e. The molecule has 3 heterocycles. The summed E-state index contributed by atoms with van der Waals surface area (Å²) in [5.41, 5.74) is 1.13. The fraction of sp³-hybridized carbons (Fsp3) is 0.276. The lowest BCUT2D eigenvalue weighted by Crippen LogP contribution is -2.64. The third kappa shape index (κ3) is 13.4. The van der Waals surface area contributed by atoms with E-state index in [9.17, 15) is 28.8 Å². The van der Waals surface area contributed by atoms with Crippen molar-refractivity contribution in [3.63, 3.8) is 0 Å². The van der Waals surface area contributed by atoms with E-state index >= 15 is 0 Å². The highest BCUT2D eigenvalue weighted by Gasteiger charge is 2.55. The van der Waals surface area contributed by atoms with Crippen LogP contribution in [0.3, 0.4) is 0 Å². The van der Waals surface area contributed by atoms with Crippen LogP contribution in [-0.2, 0) is 56.8 Å². The molecular formula is C58H52O18. The van der Waals surface area contributed by atoms with Crippen LogP contribution < -0.4 is 0 Å². The summed E-state index contributed by atoms with van der Waals surface area (Å²) in [6.07, 6.45) is -14.1. The number of hydrogen-bond donors (Lipinski definition) is 0. The van der Waals surface area contributed by atoms with Gasteiger partial charge in [-0.2, -0.15) is 0 Å². The number of ether oxygens (including phenoxy) is 12. The Morgan fingerprint density at radius 2 is 0.553 bits per heavy atom. The molecular weight excluding hydrogens is 985 g/mol. The van der Waals surface area contributed by atoms with Gasteiger partial charge in [-0.1, -0.05) is 109 Å². The summed E-state index contributed by atoms with van der Waals surface area (Å²) < 4.78 is 74.8. The molecule has 0 saturated carbocycles. The first-order valence-corrected chi connectivity index (χ1v) is 24.5. The molecule has 0 bridgehead atoms. The Balaban J connectivity index is 1.03. The number of carbonyl (C=O) groups is 6. The number of carbonyl (C=O) groups excluding carboxylic acids is 6. The molecule has 18 heteroatoms. The molecule has 0 aromatic heterocycles. The van der Waals surface area contributed by atoms with Gasteiger partial charge in [0.1, 0.15) is 37.6 Å². The molecule has 76 heavy (non-hydrogen) atoms. The van der Waals surface area contributed by atoms with E-state index in [0.717, 1.165) is 0 Å². The Kier molecular flexibility index (Phi) is 18.0. The third-order valence-electron chi connectivity index (χ3n) is 12.3. The smallest absolute Gasteiger partial charge is 0.338 e. The summed E-state index contributed by atoms with van der Waals surface area (Å²) in [6, 6.07) is 48.8. The van der Waals surface area contributed by atoms with Crippen LogP contribution in [0.1, 0.15) is 62.1 Å². The van der Waals surface area contributed by atoms with Gasteiger partial charge in [0.2, 0.25) is 0 Å². The number of rotatable bonds is 14. The number of benzene rings is 6. The highest BCUT2D eigenvalue weighted by molar-refractivity contribution is 5.92. The monoisotopic (exact) mass is 1040 g/mol. The predicted octanol–water partition coefficient (Wildman–Crippen LogP) is 6.87. The van der Waals surface area contributed by atoms with E-state index in [1.54, 1.807) is 158 Å². The second-order valence-electron chi connectivity index (χ2n) is 17.4. The quantitative estimate of drug-likeness (QED) is 0.0804. The van der Waals surface area contributed by atoms with E-state index < -0.39 is 110 Å². The van der Waals surface area contributed by atoms with Crippen molar-refractivity contribution in [2.45, 2.75) is 61.4 Å². The lowest BCUT2D eigenvalue weighted by molar-refractivity contribution is -0.332. The minimum absolute atomic E-state index is 0.163. The molecule has 9 rings (SSSR count). The van der Waals surface area contributed by atoms with Crippen molar-refractivity contribution in [1.82, 2.24) is 0 Å². The van der Waals surface area contributed by atoms with Crippen molar-refractivity contribution in [1.29, 1.82) is 0 Å². The lowest BCUT2D eigenvalue weighted by Gasteiger charge is -2.46. The molecule has 3 aliphatic rings. The van der Waals surface area contributed by atoms with Gasteiger partial charge in [-0.15, -0.1) is 0 Å². The fourth-order valence-electron chi connectivity index (χ4n) is 8.59. The minimum atomic E-state index is -1.48. The average Bonchev–Trinajstić information content (AvgIpc) is 3.47. The van der Waals surface area contributed by atoms with Gasteiger partial charge in [0.15, 0.2) is 37.0 Å². The van der Waals surface area contributed by atoms with Crippen LogP contribution in [0.25, 0.3) is 0 Å². The van der Waals surface area contributed by atoms with Gasteiger partial charge < -0.3 is 56.8 Å². The summed E-state index contributed by atoms with van der Waals surface area (Å²) in [5.74, 6) is -4.66. The maximum Gasteiger partial charge on any atom is 0.338 e. The Labute approximate surface area is 436 Å². The maximum absolute atomic E-state index is 14.0. The molecule has 392 valence electrons. The first-order valence-electron chi connectivity index (χ1n) is 24.5. The Morgan fingerprint density at radius 1 is 0.316 bits per heavy atom. The summed E-state index contributed by atoms with van der Waals surface area (Å²) >= 11 is 0. The van der Waals surface area contributed by atoms with Crippen LogP contribution in [0.4, 0.5) is 0 Å². The lowest BCUT2D eigenvalue weighted by atomic mass is 9.97. The Hall–Kier alpha value is -8.10. The predicted molar refractivity (Wildman–Crippen MR) is 265 cm³/mol. The van der Waals surface area contributed by atoms with Gasteiger partial charge in [0.25, 0.3) is 0 Å². The van der Waals surface area contributed by atoms with Gasteiger partial charge >= 0.3 is 35.8 Å². The fourth-order valence-corrected chi connectivity index (χ4v) is 8.59. The summed E-state index contributed by atoms with van der Waals surface area (Å²) in [7, 11) is 0. The van der Waals surface area contributed by atoms with Crippen LogP contribution in [0, 0.1) is 0 Å². The zero-order valence-corrected chi connectivity index (χ0v) is 40.7. The van der Waals surface area contributed by atoms with Crippen molar-refractivity contribution < 1.29 is 85.6 Å². The largest absolute Gasteiger partial charge is 0.459 e. The van der Waals surface area contributed by atoms with E-state index in [-0.39, 0.29) is 59.8 Å². The van der Waals surface area contributed by atoms with Gasteiger partial charge in [-0.25, -0.2) is 28.8 Å². The highest BCUT2D eigenvalue weighted by atomic mass is 16.8. The van der Waals surface area contributed by atoms with Gasteiger partial charge in [-0.3, -0.25) is 0 Å². The van der Waals surface area contributed by atoms with Crippen LogP contribution in [0.15, 0.2) is 182 Å². The molecule has 10 atom stereocenters. The highest BCUT2D eigenvalue weighted by Crippen LogP contribution is 2.34. The molecule has 0 amide bonds. The van der Waals surface area contributed by atoms with E-state index in [0.29, 0.717) is 0 Å². The first kappa shape index (κ1) is 52.8. The summed E-state index contributed by atoms with van der Waals surface area (Å²) in [5, 5.41) is 0. The SMILES string of the molecule is O=C(OC[C@H]1O[C@H]2OCCO[C@H]3[C@H](OCCO[C@@H]2[C@@H](OC(=O)c2ccccc2)[C@@H]1OC(=O)c1ccccc1)O[C@H](COC(=O)c1ccccc1)[C@@H](OC(=O)c1ccccc1)[C@@H]3OC(=O)c1ccccc1)c1ccccc1. The first-order chi connectivity index (χ1) is 37.2. The zero-order valence-electron chi connectivity index (χ0n) is 40.7. The molecule has 18 nitrogen and oxygen atoms in total. The van der Waals surface area contributed by atoms with Crippen molar-refractivity contribution in [2.24, 2.45) is 0 Å². The average molecular weight is 1040 g/mol. The van der Waals surface area contributed by atoms with Crippen LogP contribution in [0.2, 0.25) is 0 Å². The molecule has 3 aliphatic heterocycles. The standard InChI is InChI=1S/C58H52O18/c59-51(37-19-7-1-8-20-37)69-35-43-45(73-53(61)39-23-11-3-12-24-39)47(75-55(63)41-27-15-5-16-28-41)49-57(71-43)67-33-31-66-50-48(76-56(64)42-29-17-6-18-30-42)46(74-54(62)40-25-13-4-14-26-40)44(72-58(50)68-34-32-65-49)36-70-52(60)38-21-9-2-10-22-38/h1-30,43-50,57-58H,31-36H2/t43-,44-,45-,46-,47+,48+,49-,50-,57-,58-/m1/s1. The molecule has 3 saturated heterocycles. The molecule has 0 spiro atoms. The normalized spacial score (nSPS) is 24.5. The molecule has 6 aromatic rings. The van der Waals surface area contributed by atoms with Crippen molar-refractivity contribution in [3.05, 3.63) is 215 Å². The maximum atomic E-state index is 14.0. The van der Waals surface area contributed by atoms with Crippen molar-refractivity contribution >= 4 is 35.8 Å². The molecule has 6 aromatic carbocycles. The number of fused-ring (bicyclic) bond motifs is 2. The van der Waals surface area contributed by atoms with Crippen molar-refractivity contribution in [3.8, 4) is 0 Å². The van der Waals surface area contributed by atoms with E-state index in [4.69, 9.17) is 56.8 Å². The second-order valence-corrected chi connectivity index (χ2v) is 17.4.